The van der Waals surface area contributed by atoms with Crippen molar-refractivity contribution in [3.05, 3.63) is 47.5 Å². The molecule has 0 radical (unpaired) electrons. The highest BCUT2D eigenvalue weighted by Crippen LogP contribution is 2.31. The second kappa shape index (κ2) is 8.84. The molecule has 0 aromatic heterocycles. The van der Waals surface area contributed by atoms with Crippen LogP contribution in [0.25, 0.3) is 0 Å². The first-order valence-corrected chi connectivity index (χ1v) is 11.8. The molecule has 4 rings (SSSR count). The van der Waals surface area contributed by atoms with Crippen LogP contribution in [-0.2, 0) is 10.0 Å². The zero-order chi connectivity index (χ0) is 22.0. The van der Waals surface area contributed by atoms with Crippen LogP contribution in [0.2, 0.25) is 5.02 Å². The van der Waals surface area contributed by atoms with E-state index in [-0.39, 0.29) is 4.90 Å². The molecule has 0 aliphatic carbocycles. The molecular formula is C21H25ClN4O4S. The van der Waals surface area contributed by atoms with E-state index < -0.39 is 10.0 Å². The molecule has 0 unspecified atom stereocenters. The first kappa shape index (κ1) is 21.6. The molecule has 1 saturated heterocycles. The number of ether oxygens (including phenoxy) is 2. The van der Waals surface area contributed by atoms with E-state index in [1.54, 1.807) is 6.07 Å². The predicted molar refractivity (Wildman–Crippen MR) is 121 cm³/mol. The molecular weight excluding hydrogens is 440 g/mol. The number of aliphatic imine (C=N–C) groups is 1. The number of hydrogen-bond donors (Lipinski definition) is 0. The average Bonchev–Trinajstić information content (AvgIpc) is 3.29. The van der Waals surface area contributed by atoms with Crippen LogP contribution in [-0.4, -0.2) is 77.1 Å². The van der Waals surface area contributed by atoms with E-state index in [0.717, 1.165) is 18.8 Å². The highest BCUT2D eigenvalue weighted by molar-refractivity contribution is 7.89. The fourth-order valence-electron chi connectivity index (χ4n) is 3.85. The molecule has 0 N–H and O–H groups in total. The maximum absolute atomic E-state index is 13.4. The van der Waals surface area contributed by atoms with E-state index in [4.69, 9.17) is 21.1 Å². The maximum atomic E-state index is 13.4. The van der Waals surface area contributed by atoms with Crippen LogP contribution >= 0.6 is 11.6 Å². The summed E-state index contributed by atoms with van der Waals surface area (Å²) in [5, 5.41) is 0.701. The Hall–Kier alpha value is -2.65. The summed E-state index contributed by atoms with van der Waals surface area (Å²) in [6, 6.07) is 12.4. The van der Waals surface area contributed by atoms with Crippen molar-refractivity contribution in [1.82, 2.24) is 9.21 Å². The zero-order valence-corrected chi connectivity index (χ0v) is 19.1. The number of anilines is 1. The number of benzene rings is 2. The van der Waals surface area contributed by atoms with Gasteiger partial charge in [0.05, 0.1) is 32.2 Å². The van der Waals surface area contributed by atoms with Crippen LogP contribution in [0, 0.1) is 0 Å². The number of rotatable bonds is 5. The van der Waals surface area contributed by atoms with Gasteiger partial charge < -0.3 is 19.3 Å². The lowest BCUT2D eigenvalue weighted by molar-refractivity contribution is 0.352. The molecule has 2 heterocycles. The molecule has 2 aromatic rings. The van der Waals surface area contributed by atoms with E-state index in [1.807, 2.05) is 29.2 Å². The van der Waals surface area contributed by atoms with Crippen molar-refractivity contribution in [3.63, 3.8) is 0 Å². The third kappa shape index (κ3) is 4.24. The minimum absolute atomic E-state index is 0.150. The molecule has 0 atom stereocenters. The SMILES string of the molecule is COc1ccc(S(=O)(=O)N2CCN=C2N2CCN(c3cccc(Cl)c3)CC2)cc1OC. The van der Waals surface area contributed by atoms with Gasteiger partial charge in [-0.25, -0.2) is 12.7 Å². The van der Waals surface area contributed by atoms with Crippen molar-refractivity contribution >= 4 is 33.3 Å². The van der Waals surface area contributed by atoms with E-state index in [1.165, 1.54) is 30.7 Å². The predicted octanol–water partition coefficient (Wildman–Crippen LogP) is 2.54. The van der Waals surface area contributed by atoms with Crippen LogP contribution in [0.3, 0.4) is 0 Å². The lowest BCUT2D eigenvalue weighted by atomic mass is 10.2. The highest BCUT2D eigenvalue weighted by Gasteiger charge is 2.35. The van der Waals surface area contributed by atoms with Gasteiger partial charge in [-0.2, -0.15) is 0 Å². The van der Waals surface area contributed by atoms with E-state index in [2.05, 4.69) is 9.89 Å². The Morgan fingerprint density at radius 2 is 1.61 bits per heavy atom. The van der Waals surface area contributed by atoms with E-state index >= 15 is 0 Å². The fourth-order valence-corrected chi connectivity index (χ4v) is 5.49. The van der Waals surface area contributed by atoms with E-state index in [0.29, 0.717) is 48.7 Å². The van der Waals surface area contributed by atoms with Crippen molar-refractivity contribution in [3.8, 4) is 11.5 Å². The molecule has 31 heavy (non-hydrogen) atoms. The van der Waals surface area contributed by atoms with Gasteiger partial charge in [0.1, 0.15) is 0 Å². The number of piperazine rings is 1. The summed E-state index contributed by atoms with van der Waals surface area (Å²) in [6.07, 6.45) is 0. The quantitative estimate of drug-likeness (QED) is 0.677. The van der Waals surface area contributed by atoms with Crippen molar-refractivity contribution in [1.29, 1.82) is 0 Å². The largest absolute Gasteiger partial charge is 0.493 e. The Labute approximate surface area is 187 Å². The van der Waals surface area contributed by atoms with Crippen molar-refractivity contribution in [2.24, 2.45) is 4.99 Å². The number of hydrogen-bond acceptors (Lipinski definition) is 7. The maximum Gasteiger partial charge on any atom is 0.266 e. The first-order valence-electron chi connectivity index (χ1n) is 9.98. The first-order chi connectivity index (χ1) is 14.9. The lowest BCUT2D eigenvalue weighted by Gasteiger charge is -2.39. The Morgan fingerprint density at radius 3 is 2.29 bits per heavy atom. The van der Waals surface area contributed by atoms with Gasteiger partial charge in [0.2, 0.25) is 5.96 Å². The number of halogens is 1. The van der Waals surface area contributed by atoms with Crippen LogP contribution in [0.1, 0.15) is 0 Å². The van der Waals surface area contributed by atoms with E-state index in [9.17, 15) is 8.42 Å². The lowest BCUT2D eigenvalue weighted by Crippen LogP contribution is -2.53. The molecule has 0 spiro atoms. The van der Waals surface area contributed by atoms with Gasteiger partial charge in [0, 0.05) is 43.0 Å². The molecule has 2 aromatic carbocycles. The molecule has 8 nitrogen and oxygen atoms in total. The normalized spacial score (nSPS) is 17.0. The smallest absolute Gasteiger partial charge is 0.266 e. The third-order valence-corrected chi connectivity index (χ3v) is 7.47. The third-order valence-electron chi connectivity index (χ3n) is 5.46. The minimum Gasteiger partial charge on any atom is -0.493 e. The topological polar surface area (TPSA) is 74.7 Å². The van der Waals surface area contributed by atoms with Crippen molar-refractivity contribution in [2.45, 2.75) is 4.90 Å². The Balaban J connectivity index is 1.50. The Kier molecular flexibility index (Phi) is 6.15. The fraction of sp³-hybridized carbons (Fsp3) is 0.381. The Morgan fingerprint density at radius 1 is 0.903 bits per heavy atom. The van der Waals surface area contributed by atoms with Crippen LogP contribution in [0.4, 0.5) is 5.69 Å². The summed E-state index contributed by atoms with van der Waals surface area (Å²) in [6.45, 7) is 3.61. The van der Waals surface area contributed by atoms with Gasteiger partial charge in [-0.1, -0.05) is 17.7 Å². The molecule has 1 fully saturated rings. The van der Waals surface area contributed by atoms with Crippen LogP contribution in [0.5, 0.6) is 11.5 Å². The molecule has 166 valence electrons. The standard InChI is InChI=1S/C21H25ClN4O4S/c1-29-19-7-6-18(15-20(19)30-2)31(27,28)26-9-8-23-21(26)25-12-10-24(11-13-25)17-5-3-4-16(22)14-17/h3-7,14-15H,8-13H2,1-2H3. The van der Waals surface area contributed by atoms with Gasteiger partial charge in [-0.15, -0.1) is 0 Å². The van der Waals surface area contributed by atoms with Gasteiger partial charge in [0.25, 0.3) is 10.0 Å². The zero-order valence-electron chi connectivity index (χ0n) is 17.5. The van der Waals surface area contributed by atoms with Gasteiger partial charge >= 0.3 is 0 Å². The summed E-state index contributed by atoms with van der Waals surface area (Å²) in [5.41, 5.74) is 1.07. The molecule has 0 amide bonds. The Bertz CT molecular complexity index is 1080. The van der Waals surface area contributed by atoms with Crippen LogP contribution < -0.4 is 14.4 Å². The van der Waals surface area contributed by atoms with Gasteiger partial charge in [-0.3, -0.25) is 4.99 Å². The molecule has 10 heteroatoms. The number of nitrogens with zero attached hydrogens (tertiary/aromatic N) is 4. The monoisotopic (exact) mass is 464 g/mol. The number of sulfonamides is 1. The van der Waals surface area contributed by atoms with Crippen LogP contribution in [0.15, 0.2) is 52.4 Å². The molecule has 0 saturated carbocycles. The average molecular weight is 465 g/mol. The molecule has 2 aliphatic rings. The summed E-state index contributed by atoms with van der Waals surface area (Å²) in [4.78, 5) is 8.94. The van der Waals surface area contributed by atoms with Gasteiger partial charge in [0.15, 0.2) is 11.5 Å². The number of methoxy groups -OCH3 is 2. The van der Waals surface area contributed by atoms with Gasteiger partial charge in [-0.05, 0) is 30.3 Å². The summed E-state index contributed by atoms with van der Waals surface area (Å²) in [7, 11) is -0.775. The number of guanidine groups is 1. The highest BCUT2D eigenvalue weighted by atomic mass is 35.5. The summed E-state index contributed by atoms with van der Waals surface area (Å²) in [5.74, 6) is 1.35. The second-order valence-corrected chi connectivity index (χ2v) is 9.53. The summed E-state index contributed by atoms with van der Waals surface area (Å²) >= 11 is 6.12. The minimum atomic E-state index is -3.77. The summed E-state index contributed by atoms with van der Waals surface area (Å²) < 4.78 is 38.6. The second-order valence-electron chi connectivity index (χ2n) is 7.23. The molecule has 2 aliphatic heterocycles. The molecule has 0 bridgehead atoms. The van der Waals surface area contributed by atoms with Crippen molar-refractivity contribution in [2.75, 3.05) is 58.4 Å². The van der Waals surface area contributed by atoms with Crippen molar-refractivity contribution < 1.29 is 17.9 Å².